The van der Waals surface area contributed by atoms with E-state index in [1.807, 2.05) is 43.3 Å². The standard InChI is InChI=1S/C20H27N3O3S/c1-16-6-4-5-7-19(16)26-15-14-23-20(21-2)22-13-12-17-8-10-18(11-9-17)27(3,24)25/h4-11H,12-15H2,1-3H3,(H2,21,22,23). The summed E-state index contributed by atoms with van der Waals surface area (Å²) in [6.07, 6.45) is 1.98. The van der Waals surface area contributed by atoms with Crippen molar-refractivity contribution in [3.05, 3.63) is 59.7 Å². The fraction of sp³-hybridized carbons (Fsp3) is 0.350. The van der Waals surface area contributed by atoms with Crippen molar-refractivity contribution in [2.45, 2.75) is 18.2 Å². The molecule has 0 aliphatic heterocycles. The normalized spacial score (nSPS) is 11.9. The predicted octanol–water partition coefficient (Wildman–Crippen LogP) is 2.19. The number of nitrogens with zero attached hydrogens (tertiary/aromatic N) is 1. The van der Waals surface area contributed by atoms with Crippen LogP contribution in [0.1, 0.15) is 11.1 Å². The molecule has 0 fully saturated rings. The zero-order valence-corrected chi connectivity index (χ0v) is 16.8. The van der Waals surface area contributed by atoms with Crippen molar-refractivity contribution >= 4 is 15.8 Å². The molecular formula is C20H27N3O3S. The van der Waals surface area contributed by atoms with Crippen LogP contribution in [0.2, 0.25) is 0 Å². The summed E-state index contributed by atoms with van der Waals surface area (Å²) in [6, 6.07) is 14.9. The topological polar surface area (TPSA) is 79.8 Å². The first-order valence-electron chi connectivity index (χ1n) is 8.82. The Bertz CT molecular complexity index is 862. The molecule has 146 valence electrons. The lowest BCUT2D eigenvalue weighted by molar-refractivity contribution is 0.320. The number of rotatable bonds is 8. The monoisotopic (exact) mass is 389 g/mol. The van der Waals surface area contributed by atoms with Crippen LogP contribution < -0.4 is 15.4 Å². The molecule has 0 radical (unpaired) electrons. The molecule has 0 bridgehead atoms. The van der Waals surface area contributed by atoms with Crippen molar-refractivity contribution in [1.82, 2.24) is 10.6 Å². The second-order valence-corrected chi connectivity index (χ2v) is 8.22. The number of sulfone groups is 1. The van der Waals surface area contributed by atoms with Gasteiger partial charge in [0.1, 0.15) is 12.4 Å². The SMILES string of the molecule is CN=C(NCCOc1ccccc1C)NCCc1ccc(S(C)(=O)=O)cc1. The van der Waals surface area contributed by atoms with Crippen molar-refractivity contribution in [2.24, 2.45) is 4.99 Å². The minimum Gasteiger partial charge on any atom is -0.491 e. The van der Waals surface area contributed by atoms with Crippen LogP contribution in [0.4, 0.5) is 0 Å². The molecule has 7 heteroatoms. The van der Waals surface area contributed by atoms with E-state index in [-0.39, 0.29) is 0 Å². The summed E-state index contributed by atoms with van der Waals surface area (Å²) in [4.78, 5) is 4.53. The maximum atomic E-state index is 11.5. The van der Waals surface area contributed by atoms with E-state index in [0.717, 1.165) is 23.3 Å². The van der Waals surface area contributed by atoms with Gasteiger partial charge in [0.2, 0.25) is 0 Å². The summed E-state index contributed by atoms with van der Waals surface area (Å²) >= 11 is 0. The van der Waals surface area contributed by atoms with Gasteiger partial charge in [-0.25, -0.2) is 8.42 Å². The molecule has 2 aromatic carbocycles. The number of benzene rings is 2. The Balaban J connectivity index is 1.70. The van der Waals surface area contributed by atoms with Crippen molar-refractivity contribution in [3.63, 3.8) is 0 Å². The lowest BCUT2D eigenvalue weighted by Gasteiger charge is -2.13. The van der Waals surface area contributed by atoms with Crippen molar-refractivity contribution < 1.29 is 13.2 Å². The van der Waals surface area contributed by atoms with Gasteiger partial charge in [0, 0.05) is 19.8 Å². The molecule has 0 unspecified atom stereocenters. The molecule has 0 spiro atoms. The van der Waals surface area contributed by atoms with Crippen LogP contribution in [0, 0.1) is 6.92 Å². The number of para-hydroxylation sites is 1. The second kappa shape index (κ2) is 9.97. The Kier molecular flexibility index (Phi) is 7.67. The minimum atomic E-state index is -3.15. The molecule has 0 saturated heterocycles. The van der Waals surface area contributed by atoms with Crippen LogP contribution >= 0.6 is 0 Å². The largest absolute Gasteiger partial charge is 0.491 e. The highest BCUT2D eigenvalue weighted by atomic mass is 32.2. The lowest BCUT2D eigenvalue weighted by atomic mass is 10.1. The van der Waals surface area contributed by atoms with E-state index in [1.165, 1.54) is 6.26 Å². The molecule has 0 heterocycles. The van der Waals surface area contributed by atoms with Crippen molar-refractivity contribution in [1.29, 1.82) is 0 Å². The third kappa shape index (κ3) is 6.94. The predicted molar refractivity (Wildman–Crippen MR) is 109 cm³/mol. The highest BCUT2D eigenvalue weighted by molar-refractivity contribution is 7.90. The molecule has 0 aliphatic rings. The van der Waals surface area contributed by atoms with Crippen LogP contribution in [0.25, 0.3) is 0 Å². The van der Waals surface area contributed by atoms with Gasteiger partial charge in [0.15, 0.2) is 15.8 Å². The Labute approximate surface area is 161 Å². The summed E-state index contributed by atoms with van der Waals surface area (Å²) in [6.45, 7) is 3.89. The number of aliphatic imine (C=N–C) groups is 1. The van der Waals surface area contributed by atoms with Gasteiger partial charge in [-0.05, 0) is 42.7 Å². The number of guanidine groups is 1. The molecule has 2 rings (SSSR count). The van der Waals surface area contributed by atoms with Crippen LogP contribution in [-0.4, -0.2) is 47.4 Å². The van der Waals surface area contributed by atoms with E-state index < -0.39 is 9.84 Å². The Morgan fingerprint density at radius 1 is 1.04 bits per heavy atom. The van der Waals surface area contributed by atoms with E-state index in [4.69, 9.17) is 4.74 Å². The Hall–Kier alpha value is -2.54. The van der Waals surface area contributed by atoms with Crippen LogP contribution in [0.15, 0.2) is 58.4 Å². The summed E-state index contributed by atoms with van der Waals surface area (Å²) in [5, 5.41) is 6.45. The molecule has 0 saturated carbocycles. The molecule has 0 aromatic heterocycles. The molecule has 2 aromatic rings. The van der Waals surface area contributed by atoms with E-state index in [9.17, 15) is 8.42 Å². The fourth-order valence-electron chi connectivity index (χ4n) is 2.50. The molecular weight excluding hydrogens is 362 g/mol. The third-order valence-corrected chi connectivity index (χ3v) is 5.16. The van der Waals surface area contributed by atoms with E-state index >= 15 is 0 Å². The van der Waals surface area contributed by atoms with Gasteiger partial charge < -0.3 is 15.4 Å². The lowest BCUT2D eigenvalue weighted by Crippen LogP contribution is -2.40. The average molecular weight is 390 g/mol. The molecule has 6 nitrogen and oxygen atoms in total. The third-order valence-electron chi connectivity index (χ3n) is 4.03. The van der Waals surface area contributed by atoms with Gasteiger partial charge in [-0.2, -0.15) is 0 Å². The smallest absolute Gasteiger partial charge is 0.191 e. The zero-order valence-electron chi connectivity index (χ0n) is 16.0. The maximum Gasteiger partial charge on any atom is 0.191 e. The quantitative estimate of drug-likeness (QED) is 0.411. The van der Waals surface area contributed by atoms with Crippen LogP contribution in [0.5, 0.6) is 5.75 Å². The van der Waals surface area contributed by atoms with Crippen LogP contribution in [0.3, 0.4) is 0 Å². The van der Waals surface area contributed by atoms with Gasteiger partial charge in [0.25, 0.3) is 0 Å². The number of nitrogens with one attached hydrogen (secondary N) is 2. The molecule has 27 heavy (non-hydrogen) atoms. The zero-order chi connectivity index (χ0) is 19.7. The Morgan fingerprint density at radius 3 is 2.33 bits per heavy atom. The number of hydrogen-bond donors (Lipinski definition) is 2. The first-order chi connectivity index (χ1) is 12.9. The fourth-order valence-corrected chi connectivity index (χ4v) is 3.13. The summed E-state index contributed by atoms with van der Waals surface area (Å²) in [5.74, 6) is 1.59. The highest BCUT2D eigenvalue weighted by Gasteiger charge is 2.06. The van der Waals surface area contributed by atoms with Gasteiger partial charge in [-0.1, -0.05) is 30.3 Å². The Morgan fingerprint density at radius 2 is 1.70 bits per heavy atom. The molecule has 0 atom stereocenters. The average Bonchev–Trinajstić information content (AvgIpc) is 2.64. The number of ether oxygens (including phenoxy) is 1. The first kappa shape index (κ1) is 20.8. The van der Waals surface area contributed by atoms with E-state index in [2.05, 4.69) is 15.6 Å². The first-order valence-corrected chi connectivity index (χ1v) is 10.7. The second-order valence-electron chi connectivity index (χ2n) is 6.21. The maximum absolute atomic E-state index is 11.5. The summed E-state index contributed by atoms with van der Waals surface area (Å²) in [5.41, 5.74) is 2.18. The molecule has 2 N–H and O–H groups in total. The van der Waals surface area contributed by atoms with Crippen molar-refractivity contribution in [3.8, 4) is 5.75 Å². The number of hydrogen-bond acceptors (Lipinski definition) is 4. The van der Waals surface area contributed by atoms with Crippen LogP contribution in [-0.2, 0) is 16.3 Å². The van der Waals surface area contributed by atoms with Gasteiger partial charge in [-0.15, -0.1) is 0 Å². The molecule has 0 amide bonds. The van der Waals surface area contributed by atoms with Gasteiger partial charge in [-0.3, -0.25) is 4.99 Å². The minimum absolute atomic E-state index is 0.338. The van der Waals surface area contributed by atoms with E-state index in [1.54, 1.807) is 19.2 Å². The molecule has 0 aliphatic carbocycles. The van der Waals surface area contributed by atoms with Gasteiger partial charge >= 0.3 is 0 Å². The van der Waals surface area contributed by atoms with Gasteiger partial charge in [0.05, 0.1) is 11.4 Å². The van der Waals surface area contributed by atoms with E-state index in [0.29, 0.717) is 30.6 Å². The highest BCUT2D eigenvalue weighted by Crippen LogP contribution is 2.15. The summed E-state index contributed by atoms with van der Waals surface area (Å²) in [7, 11) is -1.43. The number of aryl methyl sites for hydroxylation is 1. The van der Waals surface area contributed by atoms with Crippen molar-refractivity contribution in [2.75, 3.05) is 33.0 Å². The summed E-state index contributed by atoms with van der Waals surface area (Å²) < 4.78 is 28.7.